The summed E-state index contributed by atoms with van der Waals surface area (Å²) < 4.78 is 16.1. The zero-order valence-corrected chi connectivity index (χ0v) is 27.2. The van der Waals surface area contributed by atoms with Crippen LogP contribution in [0.5, 0.6) is 0 Å². The van der Waals surface area contributed by atoms with E-state index in [9.17, 15) is 9.90 Å². The molecule has 1 fully saturated rings. The predicted octanol–water partition coefficient (Wildman–Crippen LogP) is 5.20. The number of likely N-dealkylation sites (tertiary alicyclic amines) is 1. The number of ether oxygens (including phenoxy) is 2. The van der Waals surface area contributed by atoms with Gasteiger partial charge in [-0.2, -0.15) is 4.98 Å². The van der Waals surface area contributed by atoms with Crippen LogP contribution in [0.1, 0.15) is 37.8 Å². The molecule has 2 aromatic carbocycles. The molecule has 1 N–H and O–H groups in total. The standard InChI is InChI=1S/C29H36ClN3O5.K/c1-20(2)16-23-8-9-24(17-25(23)30)27-31-26(32-38-27)22-6-4-21(5-7-22)18-33-12-10-29(11-13-33,28(34)35)19-37-15-14-36-3;/h4-9,17,20H,10-16,18-19H2,1-3H3,(H,34,35);. The molecule has 1 aliphatic heterocycles. The summed E-state index contributed by atoms with van der Waals surface area (Å²) >= 11 is 6.48. The van der Waals surface area contributed by atoms with Crippen LogP contribution in [0.15, 0.2) is 47.0 Å². The Kier molecular flexibility index (Phi) is 12.6. The van der Waals surface area contributed by atoms with Crippen molar-refractivity contribution in [3.8, 4) is 22.8 Å². The smallest absolute Gasteiger partial charge is 0.312 e. The van der Waals surface area contributed by atoms with Crippen molar-refractivity contribution >= 4 is 69.0 Å². The molecule has 4 rings (SSSR count). The molecule has 10 heteroatoms. The maximum atomic E-state index is 12.0. The second kappa shape index (κ2) is 15.2. The van der Waals surface area contributed by atoms with Gasteiger partial charge in [0, 0.05) is 81.2 Å². The van der Waals surface area contributed by atoms with Crippen molar-refractivity contribution in [3.05, 3.63) is 58.6 Å². The van der Waals surface area contributed by atoms with E-state index < -0.39 is 11.4 Å². The third-order valence-electron chi connectivity index (χ3n) is 7.05. The molecule has 2 heterocycles. The number of hydrogen-bond acceptors (Lipinski definition) is 7. The van der Waals surface area contributed by atoms with Crippen LogP contribution in [0.4, 0.5) is 0 Å². The molecule has 1 radical (unpaired) electrons. The van der Waals surface area contributed by atoms with Crippen molar-refractivity contribution < 1.29 is 23.9 Å². The van der Waals surface area contributed by atoms with Crippen LogP contribution in [0.2, 0.25) is 5.02 Å². The van der Waals surface area contributed by atoms with E-state index in [-0.39, 0.29) is 58.0 Å². The monoisotopic (exact) mass is 580 g/mol. The van der Waals surface area contributed by atoms with Gasteiger partial charge in [-0.05, 0) is 61.5 Å². The minimum absolute atomic E-state index is 0. The van der Waals surface area contributed by atoms with Crippen molar-refractivity contribution in [3.63, 3.8) is 0 Å². The van der Waals surface area contributed by atoms with Gasteiger partial charge in [-0.25, -0.2) is 0 Å². The molecule has 0 bridgehead atoms. The summed E-state index contributed by atoms with van der Waals surface area (Å²) in [4.78, 5) is 18.8. The SMILES string of the molecule is COCCOCC1(C(=O)O)CCN(Cc2ccc(-c3noc(-c4ccc(CC(C)C)c(Cl)c4)n3)cc2)CC1.[K]. The van der Waals surface area contributed by atoms with Gasteiger partial charge in [0.2, 0.25) is 5.82 Å². The molecule has 0 atom stereocenters. The van der Waals surface area contributed by atoms with Crippen molar-refractivity contribution in [2.45, 2.75) is 39.7 Å². The van der Waals surface area contributed by atoms with Crippen molar-refractivity contribution in [2.24, 2.45) is 11.3 Å². The zero-order valence-electron chi connectivity index (χ0n) is 23.3. The average Bonchev–Trinajstić information content (AvgIpc) is 3.39. The fraction of sp³-hybridized carbons (Fsp3) is 0.483. The number of piperidine rings is 1. The third-order valence-corrected chi connectivity index (χ3v) is 7.40. The van der Waals surface area contributed by atoms with Gasteiger partial charge in [0.25, 0.3) is 5.89 Å². The van der Waals surface area contributed by atoms with Gasteiger partial charge in [-0.3, -0.25) is 9.69 Å². The fourth-order valence-corrected chi connectivity index (χ4v) is 4.99. The average molecular weight is 581 g/mol. The maximum Gasteiger partial charge on any atom is 0.312 e. The summed E-state index contributed by atoms with van der Waals surface area (Å²) in [5, 5.41) is 14.7. The van der Waals surface area contributed by atoms with E-state index in [4.69, 9.17) is 25.6 Å². The largest absolute Gasteiger partial charge is 0.481 e. The number of nitrogens with zero attached hydrogens (tertiary/aromatic N) is 3. The number of benzene rings is 2. The summed E-state index contributed by atoms with van der Waals surface area (Å²) in [6.07, 6.45) is 2.03. The Balaban J connectivity index is 0.00000420. The van der Waals surface area contributed by atoms with Crippen LogP contribution >= 0.6 is 11.6 Å². The van der Waals surface area contributed by atoms with E-state index in [1.165, 1.54) is 0 Å². The van der Waals surface area contributed by atoms with Crippen LogP contribution in [0.3, 0.4) is 0 Å². The third kappa shape index (κ3) is 8.67. The number of carboxylic acids is 1. The molecule has 1 aliphatic rings. The quantitative estimate of drug-likeness (QED) is 0.230. The van der Waals surface area contributed by atoms with Crippen molar-refractivity contribution in [2.75, 3.05) is 40.0 Å². The van der Waals surface area contributed by atoms with Gasteiger partial charge >= 0.3 is 5.97 Å². The maximum absolute atomic E-state index is 12.0. The van der Waals surface area contributed by atoms with E-state index >= 15 is 0 Å². The molecule has 0 aliphatic carbocycles. The second-order valence-corrected chi connectivity index (χ2v) is 10.8. The van der Waals surface area contributed by atoms with E-state index in [0.29, 0.717) is 61.8 Å². The first-order valence-corrected chi connectivity index (χ1v) is 13.4. The summed E-state index contributed by atoms with van der Waals surface area (Å²) in [7, 11) is 1.60. The molecular weight excluding hydrogens is 545 g/mol. The number of carbonyl (C=O) groups is 1. The van der Waals surface area contributed by atoms with Gasteiger partial charge in [0.05, 0.1) is 25.2 Å². The number of aliphatic carboxylic acids is 1. The van der Waals surface area contributed by atoms with Gasteiger partial charge in [0.15, 0.2) is 0 Å². The molecule has 3 aromatic rings. The first-order chi connectivity index (χ1) is 18.3. The number of carboxylic acid groups (broad SMARTS) is 1. The first-order valence-electron chi connectivity index (χ1n) is 13.0. The molecular formula is C29H36ClKN3O5. The second-order valence-electron chi connectivity index (χ2n) is 10.4. The fourth-order valence-electron chi connectivity index (χ4n) is 4.73. The van der Waals surface area contributed by atoms with Crippen molar-refractivity contribution in [1.82, 2.24) is 15.0 Å². The molecule has 8 nitrogen and oxygen atoms in total. The molecule has 0 amide bonds. The number of rotatable bonds is 12. The Morgan fingerprint density at radius 3 is 2.44 bits per heavy atom. The number of methoxy groups -OCH3 is 1. The Bertz CT molecular complexity index is 1210. The predicted molar refractivity (Wildman–Crippen MR) is 152 cm³/mol. The summed E-state index contributed by atoms with van der Waals surface area (Å²) in [5.74, 6) is 0.692. The molecule has 0 spiro atoms. The molecule has 0 unspecified atom stereocenters. The Labute approximate surface area is 277 Å². The van der Waals surface area contributed by atoms with Crippen LogP contribution in [-0.4, -0.2) is 118 Å². The number of halogens is 1. The van der Waals surface area contributed by atoms with Crippen LogP contribution in [0.25, 0.3) is 22.8 Å². The molecule has 39 heavy (non-hydrogen) atoms. The number of aromatic nitrogens is 2. The summed E-state index contributed by atoms with van der Waals surface area (Å²) in [6.45, 7) is 7.57. The first kappa shape index (κ1) is 32.4. The minimum Gasteiger partial charge on any atom is -0.481 e. The van der Waals surface area contributed by atoms with Gasteiger partial charge in [0.1, 0.15) is 0 Å². The van der Waals surface area contributed by atoms with Gasteiger partial charge in [-0.1, -0.05) is 60.9 Å². The van der Waals surface area contributed by atoms with E-state index in [0.717, 1.165) is 35.2 Å². The summed E-state index contributed by atoms with van der Waals surface area (Å²) in [5.41, 5.74) is 3.08. The Morgan fingerprint density at radius 2 is 1.82 bits per heavy atom. The number of hydrogen-bond donors (Lipinski definition) is 1. The Hall–Kier alpha value is -1.14. The Morgan fingerprint density at radius 1 is 1.13 bits per heavy atom. The van der Waals surface area contributed by atoms with Crippen molar-refractivity contribution in [1.29, 1.82) is 0 Å². The topological polar surface area (TPSA) is 97.9 Å². The van der Waals surface area contributed by atoms with E-state index in [1.807, 2.05) is 30.3 Å². The molecule has 1 saturated heterocycles. The zero-order chi connectivity index (χ0) is 27.1. The van der Waals surface area contributed by atoms with Gasteiger partial charge in [-0.15, -0.1) is 0 Å². The van der Waals surface area contributed by atoms with Crippen LogP contribution in [0, 0.1) is 11.3 Å². The molecule has 0 saturated carbocycles. The van der Waals surface area contributed by atoms with Crippen LogP contribution < -0.4 is 0 Å². The normalized spacial score (nSPS) is 15.3. The summed E-state index contributed by atoms with van der Waals surface area (Å²) in [6, 6.07) is 13.9. The van der Waals surface area contributed by atoms with E-state index in [2.05, 4.69) is 41.0 Å². The van der Waals surface area contributed by atoms with Crippen LogP contribution in [-0.2, 0) is 27.2 Å². The minimum atomic E-state index is -0.830. The molecule has 1 aromatic heterocycles. The van der Waals surface area contributed by atoms with Gasteiger partial charge < -0.3 is 19.1 Å². The molecule has 205 valence electrons. The van der Waals surface area contributed by atoms with E-state index in [1.54, 1.807) is 7.11 Å².